The maximum Gasteiger partial charge on any atom is 0.314 e. The Kier molecular flexibility index (Phi) is 5.36. The van der Waals surface area contributed by atoms with Gasteiger partial charge in [0.15, 0.2) is 0 Å². The van der Waals surface area contributed by atoms with Crippen LogP contribution in [0.25, 0.3) is 0 Å². The molecule has 1 aromatic rings. The highest BCUT2D eigenvalue weighted by Gasteiger charge is 2.23. The summed E-state index contributed by atoms with van der Waals surface area (Å²) in [7, 11) is 0. The van der Waals surface area contributed by atoms with Crippen molar-refractivity contribution in [3.63, 3.8) is 0 Å². The average Bonchev–Trinajstić information content (AvgIpc) is 2.53. The molecule has 1 aromatic carbocycles. The molecule has 2 aliphatic rings. The van der Waals surface area contributed by atoms with E-state index in [0.717, 1.165) is 19.0 Å². The van der Waals surface area contributed by atoms with E-state index in [2.05, 4.69) is 41.0 Å². The van der Waals surface area contributed by atoms with Crippen molar-refractivity contribution in [2.75, 3.05) is 13.1 Å². The van der Waals surface area contributed by atoms with Crippen LogP contribution in [0.1, 0.15) is 56.4 Å². The van der Waals surface area contributed by atoms with Gasteiger partial charge in [0.25, 0.3) is 0 Å². The average molecular weight is 300 g/mol. The summed E-state index contributed by atoms with van der Waals surface area (Å²) >= 11 is 0. The minimum atomic E-state index is 0.0251. The van der Waals surface area contributed by atoms with Gasteiger partial charge in [0.2, 0.25) is 0 Å². The molecule has 0 atom stereocenters. The number of nitrogens with one attached hydrogen (secondary N) is 2. The number of carbonyl (C=O) groups excluding carboxylic acids is 1. The summed E-state index contributed by atoms with van der Waals surface area (Å²) in [6.45, 7) is 1.69. The lowest BCUT2D eigenvalue weighted by Crippen LogP contribution is -2.41. The van der Waals surface area contributed by atoms with Gasteiger partial charge in [0.05, 0.1) is 0 Å². The topological polar surface area (TPSA) is 41.1 Å². The first-order valence-corrected chi connectivity index (χ1v) is 8.88. The van der Waals surface area contributed by atoms with Crippen LogP contribution in [-0.2, 0) is 0 Å². The Morgan fingerprint density at radius 2 is 1.45 bits per heavy atom. The number of hydrogen-bond acceptors (Lipinski definition) is 1. The third kappa shape index (κ3) is 4.25. The van der Waals surface area contributed by atoms with Gasteiger partial charge in [-0.15, -0.1) is 0 Å². The predicted octanol–water partition coefficient (Wildman–Crippen LogP) is 4.06. The molecule has 0 radical (unpaired) electrons. The highest BCUT2D eigenvalue weighted by Crippen LogP contribution is 2.35. The third-order valence-corrected chi connectivity index (χ3v) is 5.45. The molecular weight excluding hydrogens is 272 g/mol. The van der Waals surface area contributed by atoms with Crippen LogP contribution >= 0.6 is 0 Å². The Morgan fingerprint density at radius 3 is 2.00 bits per heavy atom. The van der Waals surface area contributed by atoms with Gasteiger partial charge < -0.3 is 10.6 Å². The van der Waals surface area contributed by atoms with Gasteiger partial charge in [-0.05, 0) is 61.8 Å². The van der Waals surface area contributed by atoms with Gasteiger partial charge in [-0.2, -0.15) is 0 Å². The van der Waals surface area contributed by atoms with E-state index in [1.54, 1.807) is 0 Å². The van der Waals surface area contributed by atoms with E-state index in [9.17, 15) is 4.79 Å². The van der Waals surface area contributed by atoms with Gasteiger partial charge in [-0.25, -0.2) is 4.79 Å². The van der Waals surface area contributed by atoms with Crippen molar-refractivity contribution in [2.45, 2.75) is 50.9 Å². The fourth-order valence-corrected chi connectivity index (χ4v) is 3.66. The quantitative estimate of drug-likeness (QED) is 0.846. The van der Waals surface area contributed by atoms with Crippen molar-refractivity contribution in [2.24, 2.45) is 11.8 Å². The fraction of sp³-hybridized carbons (Fsp3) is 0.632. The number of hydrogen-bond donors (Lipinski definition) is 2. The zero-order valence-corrected chi connectivity index (χ0v) is 13.4. The van der Waals surface area contributed by atoms with Crippen molar-refractivity contribution < 1.29 is 4.79 Å². The van der Waals surface area contributed by atoms with Crippen LogP contribution in [0.15, 0.2) is 30.3 Å². The summed E-state index contributed by atoms with van der Waals surface area (Å²) in [6.07, 6.45) is 8.84. The second kappa shape index (κ2) is 7.66. The van der Waals surface area contributed by atoms with Gasteiger partial charge >= 0.3 is 6.03 Å². The Hall–Kier alpha value is -1.51. The SMILES string of the molecule is O=C(NCC1CCC1)NCC1CCC(c2ccccc2)CC1. The van der Waals surface area contributed by atoms with Gasteiger partial charge in [-0.1, -0.05) is 36.8 Å². The van der Waals surface area contributed by atoms with Crippen molar-refractivity contribution >= 4 is 6.03 Å². The first-order valence-electron chi connectivity index (χ1n) is 8.88. The molecule has 2 amide bonds. The first-order chi connectivity index (χ1) is 10.8. The summed E-state index contributed by atoms with van der Waals surface area (Å²) < 4.78 is 0. The van der Waals surface area contributed by atoms with Gasteiger partial charge in [-0.3, -0.25) is 0 Å². The molecule has 0 spiro atoms. The van der Waals surface area contributed by atoms with Crippen LogP contribution in [-0.4, -0.2) is 19.1 Å². The van der Waals surface area contributed by atoms with E-state index >= 15 is 0 Å². The molecule has 3 nitrogen and oxygen atoms in total. The summed E-state index contributed by atoms with van der Waals surface area (Å²) in [5, 5.41) is 6.07. The van der Waals surface area contributed by atoms with E-state index in [-0.39, 0.29) is 6.03 Å². The molecule has 0 heterocycles. The zero-order chi connectivity index (χ0) is 15.2. The molecule has 0 saturated heterocycles. The van der Waals surface area contributed by atoms with E-state index in [1.165, 1.54) is 50.5 Å². The molecule has 3 heteroatoms. The van der Waals surface area contributed by atoms with Crippen LogP contribution < -0.4 is 10.6 Å². The second-order valence-electron chi connectivity index (χ2n) is 7.02. The Bertz CT molecular complexity index is 462. The van der Waals surface area contributed by atoms with Crippen LogP contribution in [0.5, 0.6) is 0 Å². The monoisotopic (exact) mass is 300 g/mol. The molecule has 0 aliphatic heterocycles. The van der Waals surface area contributed by atoms with E-state index < -0.39 is 0 Å². The van der Waals surface area contributed by atoms with E-state index in [4.69, 9.17) is 0 Å². The van der Waals surface area contributed by atoms with Crippen molar-refractivity contribution in [3.05, 3.63) is 35.9 Å². The number of amides is 2. The molecule has 3 rings (SSSR count). The first kappa shape index (κ1) is 15.4. The maximum absolute atomic E-state index is 11.8. The lowest BCUT2D eigenvalue weighted by molar-refractivity contribution is 0.227. The summed E-state index contributed by atoms with van der Waals surface area (Å²) in [5.41, 5.74) is 1.48. The van der Waals surface area contributed by atoms with Gasteiger partial charge in [0, 0.05) is 13.1 Å². The fourth-order valence-electron chi connectivity index (χ4n) is 3.66. The van der Waals surface area contributed by atoms with Crippen LogP contribution in [0.2, 0.25) is 0 Å². The smallest absolute Gasteiger partial charge is 0.314 e. The second-order valence-corrected chi connectivity index (χ2v) is 7.02. The summed E-state index contributed by atoms with van der Waals surface area (Å²) in [5.74, 6) is 2.09. The third-order valence-electron chi connectivity index (χ3n) is 5.45. The van der Waals surface area contributed by atoms with E-state index in [0.29, 0.717) is 11.8 Å². The number of benzene rings is 1. The van der Waals surface area contributed by atoms with Crippen LogP contribution in [0.4, 0.5) is 4.79 Å². The molecule has 2 fully saturated rings. The molecule has 0 aromatic heterocycles. The molecule has 0 bridgehead atoms. The van der Waals surface area contributed by atoms with E-state index in [1.807, 2.05) is 0 Å². The minimum Gasteiger partial charge on any atom is -0.338 e. The normalized spacial score (nSPS) is 25.3. The molecular formula is C19H28N2O. The Morgan fingerprint density at radius 1 is 0.864 bits per heavy atom. The molecule has 22 heavy (non-hydrogen) atoms. The van der Waals surface area contributed by atoms with Crippen LogP contribution in [0.3, 0.4) is 0 Å². The summed E-state index contributed by atoms with van der Waals surface area (Å²) in [4.78, 5) is 11.8. The molecule has 2 aliphatic carbocycles. The number of carbonyl (C=O) groups is 1. The van der Waals surface area contributed by atoms with Gasteiger partial charge in [0.1, 0.15) is 0 Å². The lowest BCUT2D eigenvalue weighted by atomic mass is 9.79. The molecule has 2 saturated carbocycles. The van der Waals surface area contributed by atoms with Crippen molar-refractivity contribution in [1.29, 1.82) is 0 Å². The highest BCUT2D eigenvalue weighted by atomic mass is 16.2. The largest absolute Gasteiger partial charge is 0.338 e. The predicted molar refractivity (Wildman–Crippen MR) is 89.9 cm³/mol. The number of rotatable bonds is 5. The standard InChI is InChI=1S/C19H28N2O/c22-19(20-13-15-5-4-6-15)21-14-16-9-11-18(12-10-16)17-7-2-1-3-8-17/h1-3,7-8,15-16,18H,4-6,9-14H2,(H2,20,21,22). The molecule has 0 unspecified atom stereocenters. The van der Waals surface area contributed by atoms with Crippen molar-refractivity contribution in [3.8, 4) is 0 Å². The Labute approximate surface area is 133 Å². The van der Waals surface area contributed by atoms with Crippen molar-refractivity contribution in [1.82, 2.24) is 10.6 Å². The molecule has 120 valence electrons. The minimum absolute atomic E-state index is 0.0251. The highest BCUT2D eigenvalue weighted by molar-refractivity contribution is 5.73. The van der Waals surface area contributed by atoms with Crippen LogP contribution in [0, 0.1) is 11.8 Å². The summed E-state index contributed by atoms with van der Waals surface area (Å²) in [6, 6.07) is 10.9. The molecule has 2 N–H and O–H groups in total. The lowest BCUT2D eigenvalue weighted by Gasteiger charge is -2.29. The Balaban J connectivity index is 1.32. The zero-order valence-electron chi connectivity index (χ0n) is 13.4. The number of urea groups is 1. The maximum atomic E-state index is 11.8.